The van der Waals surface area contributed by atoms with Gasteiger partial charge < -0.3 is 15.2 Å². The van der Waals surface area contributed by atoms with Gasteiger partial charge in [-0.2, -0.15) is 0 Å². The van der Waals surface area contributed by atoms with Crippen molar-refractivity contribution in [3.05, 3.63) is 29.6 Å². The Hall–Kier alpha value is -1.62. The van der Waals surface area contributed by atoms with Crippen molar-refractivity contribution in [3.8, 4) is 5.75 Å². The summed E-state index contributed by atoms with van der Waals surface area (Å²) in [6, 6.07) is 3.83. The van der Waals surface area contributed by atoms with Crippen LogP contribution in [0.15, 0.2) is 18.2 Å². The first kappa shape index (κ1) is 14.4. The minimum absolute atomic E-state index is 0.0667. The Kier molecular flexibility index (Phi) is 5.58. The van der Waals surface area contributed by atoms with E-state index in [1.54, 1.807) is 6.07 Å². The molecule has 1 aromatic rings. The second-order valence-corrected chi connectivity index (χ2v) is 4.06. The summed E-state index contributed by atoms with van der Waals surface area (Å²) in [5, 5.41) is 12.7. The van der Waals surface area contributed by atoms with E-state index in [2.05, 4.69) is 10.1 Å². The number of esters is 1. The summed E-state index contributed by atoms with van der Waals surface area (Å²) >= 11 is 0. The topological polar surface area (TPSA) is 58.6 Å². The number of carbonyl (C=O) groups is 1. The van der Waals surface area contributed by atoms with Gasteiger partial charge in [0.1, 0.15) is 11.6 Å². The quantitative estimate of drug-likeness (QED) is 0.604. The van der Waals surface area contributed by atoms with Crippen LogP contribution in [0.25, 0.3) is 0 Å². The first-order chi connectivity index (χ1) is 8.54. The van der Waals surface area contributed by atoms with Gasteiger partial charge in [-0.05, 0) is 26.0 Å². The summed E-state index contributed by atoms with van der Waals surface area (Å²) in [6.07, 6.45) is 1.00. The second-order valence-electron chi connectivity index (χ2n) is 4.06. The molecule has 0 bridgehead atoms. The molecule has 1 rings (SSSR count). The lowest BCUT2D eigenvalue weighted by Crippen LogP contribution is -2.20. The van der Waals surface area contributed by atoms with Crippen LogP contribution >= 0.6 is 0 Å². The lowest BCUT2D eigenvalue weighted by atomic mass is 10.1. The SMILES string of the molecule is COC(=O)CCCNC(C)c1ccc(F)cc1O. The summed E-state index contributed by atoms with van der Waals surface area (Å²) in [6.45, 7) is 2.48. The van der Waals surface area contributed by atoms with Gasteiger partial charge in [0.25, 0.3) is 0 Å². The van der Waals surface area contributed by atoms with Crippen molar-refractivity contribution in [2.24, 2.45) is 0 Å². The summed E-state index contributed by atoms with van der Waals surface area (Å²) < 4.78 is 17.3. The molecule has 1 aromatic carbocycles. The molecular weight excluding hydrogens is 237 g/mol. The van der Waals surface area contributed by atoms with Gasteiger partial charge in [0.05, 0.1) is 7.11 Å². The number of carbonyl (C=O) groups excluding carboxylic acids is 1. The average Bonchev–Trinajstić information content (AvgIpc) is 2.34. The van der Waals surface area contributed by atoms with Crippen molar-refractivity contribution >= 4 is 5.97 Å². The minimum atomic E-state index is -0.464. The van der Waals surface area contributed by atoms with E-state index in [1.807, 2.05) is 6.92 Å². The molecule has 0 saturated carbocycles. The molecule has 1 atom stereocenters. The van der Waals surface area contributed by atoms with Crippen LogP contribution < -0.4 is 5.32 Å². The Morgan fingerprint density at radius 2 is 2.28 bits per heavy atom. The lowest BCUT2D eigenvalue weighted by Gasteiger charge is -2.15. The van der Waals surface area contributed by atoms with Crippen molar-refractivity contribution in [1.29, 1.82) is 0 Å². The maximum absolute atomic E-state index is 12.8. The van der Waals surface area contributed by atoms with Crippen molar-refractivity contribution in [2.75, 3.05) is 13.7 Å². The highest BCUT2D eigenvalue weighted by molar-refractivity contribution is 5.69. The molecule has 0 aliphatic rings. The Morgan fingerprint density at radius 3 is 2.89 bits per heavy atom. The van der Waals surface area contributed by atoms with E-state index in [0.29, 0.717) is 24.9 Å². The van der Waals surface area contributed by atoms with E-state index in [4.69, 9.17) is 0 Å². The van der Waals surface area contributed by atoms with E-state index in [-0.39, 0.29) is 17.8 Å². The number of nitrogens with one attached hydrogen (secondary N) is 1. The highest BCUT2D eigenvalue weighted by Crippen LogP contribution is 2.24. The van der Waals surface area contributed by atoms with Gasteiger partial charge in [-0.25, -0.2) is 4.39 Å². The molecule has 0 aromatic heterocycles. The maximum Gasteiger partial charge on any atom is 0.305 e. The highest BCUT2D eigenvalue weighted by atomic mass is 19.1. The second kappa shape index (κ2) is 6.96. The molecule has 0 saturated heterocycles. The molecule has 0 heterocycles. The number of hydrogen-bond acceptors (Lipinski definition) is 4. The van der Waals surface area contributed by atoms with Gasteiger partial charge in [-0.1, -0.05) is 6.07 Å². The van der Waals surface area contributed by atoms with Crippen LogP contribution in [0.5, 0.6) is 5.75 Å². The first-order valence-corrected chi connectivity index (χ1v) is 5.83. The smallest absolute Gasteiger partial charge is 0.305 e. The number of hydrogen-bond donors (Lipinski definition) is 2. The van der Waals surface area contributed by atoms with Crippen LogP contribution in [0.4, 0.5) is 4.39 Å². The number of aromatic hydroxyl groups is 1. The average molecular weight is 255 g/mol. The molecule has 0 fully saturated rings. The number of methoxy groups -OCH3 is 1. The third kappa shape index (κ3) is 4.33. The van der Waals surface area contributed by atoms with Crippen molar-refractivity contribution in [1.82, 2.24) is 5.32 Å². The fourth-order valence-corrected chi connectivity index (χ4v) is 1.65. The van der Waals surface area contributed by atoms with Crippen LogP contribution in [0, 0.1) is 5.82 Å². The summed E-state index contributed by atoms with van der Waals surface area (Å²) in [5.74, 6) is -0.772. The Balaban J connectivity index is 2.40. The third-order valence-corrected chi connectivity index (χ3v) is 2.69. The van der Waals surface area contributed by atoms with Gasteiger partial charge in [0.15, 0.2) is 0 Å². The van der Waals surface area contributed by atoms with Crippen LogP contribution in [-0.2, 0) is 9.53 Å². The molecule has 0 radical (unpaired) electrons. The summed E-state index contributed by atoms with van der Waals surface area (Å²) in [5.41, 5.74) is 0.634. The molecular formula is C13H18FNO3. The fourth-order valence-electron chi connectivity index (χ4n) is 1.65. The molecule has 0 aliphatic carbocycles. The third-order valence-electron chi connectivity index (χ3n) is 2.69. The van der Waals surface area contributed by atoms with E-state index in [0.717, 1.165) is 6.07 Å². The Morgan fingerprint density at radius 1 is 1.56 bits per heavy atom. The van der Waals surface area contributed by atoms with Gasteiger partial charge >= 0.3 is 5.97 Å². The fraction of sp³-hybridized carbons (Fsp3) is 0.462. The lowest BCUT2D eigenvalue weighted by molar-refractivity contribution is -0.140. The van der Waals surface area contributed by atoms with E-state index in [1.165, 1.54) is 13.2 Å². The molecule has 0 amide bonds. The zero-order chi connectivity index (χ0) is 13.5. The molecule has 1 unspecified atom stereocenters. The molecule has 0 spiro atoms. The van der Waals surface area contributed by atoms with Gasteiger partial charge in [0.2, 0.25) is 0 Å². The number of phenolic OH excluding ortho intramolecular Hbond substituents is 1. The predicted octanol–water partition coefficient (Wildman–Crippen LogP) is 2.14. The van der Waals surface area contributed by atoms with Crippen molar-refractivity contribution in [3.63, 3.8) is 0 Å². The van der Waals surface area contributed by atoms with Crippen LogP contribution in [0.2, 0.25) is 0 Å². The number of ether oxygens (including phenoxy) is 1. The first-order valence-electron chi connectivity index (χ1n) is 5.83. The standard InChI is InChI=1S/C13H18FNO3/c1-9(15-7-3-4-13(17)18-2)11-6-5-10(14)8-12(11)16/h5-6,8-9,15-16H,3-4,7H2,1-2H3. The summed E-state index contributed by atoms with van der Waals surface area (Å²) in [7, 11) is 1.36. The molecule has 2 N–H and O–H groups in total. The molecule has 18 heavy (non-hydrogen) atoms. The highest BCUT2D eigenvalue weighted by Gasteiger charge is 2.10. The molecule has 5 heteroatoms. The van der Waals surface area contributed by atoms with Gasteiger partial charge in [0, 0.05) is 24.1 Å². The van der Waals surface area contributed by atoms with E-state index < -0.39 is 5.82 Å². The Bertz CT molecular complexity index is 409. The van der Waals surface area contributed by atoms with Crippen molar-refractivity contribution < 1.29 is 19.0 Å². The van der Waals surface area contributed by atoms with Gasteiger partial charge in [-0.15, -0.1) is 0 Å². The number of benzene rings is 1. The van der Waals surface area contributed by atoms with Crippen LogP contribution in [-0.4, -0.2) is 24.7 Å². The zero-order valence-electron chi connectivity index (χ0n) is 10.6. The summed E-state index contributed by atoms with van der Waals surface area (Å²) in [4.78, 5) is 10.9. The monoisotopic (exact) mass is 255 g/mol. The predicted molar refractivity (Wildman–Crippen MR) is 65.7 cm³/mol. The van der Waals surface area contributed by atoms with Crippen LogP contribution in [0.1, 0.15) is 31.4 Å². The van der Waals surface area contributed by atoms with E-state index >= 15 is 0 Å². The number of phenols is 1. The van der Waals surface area contributed by atoms with Gasteiger partial charge in [-0.3, -0.25) is 4.79 Å². The zero-order valence-corrected chi connectivity index (χ0v) is 10.6. The van der Waals surface area contributed by atoms with Crippen LogP contribution in [0.3, 0.4) is 0 Å². The van der Waals surface area contributed by atoms with E-state index in [9.17, 15) is 14.3 Å². The largest absolute Gasteiger partial charge is 0.508 e. The molecule has 0 aliphatic heterocycles. The molecule has 4 nitrogen and oxygen atoms in total. The molecule has 100 valence electrons. The minimum Gasteiger partial charge on any atom is -0.508 e. The van der Waals surface area contributed by atoms with Crippen molar-refractivity contribution in [2.45, 2.75) is 25.8 Å². The Labute approximate surface area is 106 Å². The number of halogens is 1. The maximum atomic E-state index is 12.8. The number of rotatable bonds is 6. The normalized spacial score (nSPS) is 12.2.